The summed E-state index contributed by atoms with van der Waals surface area (Å²) in [6.07, 6.45) is 6.61. The maximum absolute atomic E-state index is 12.9. The predicted molar refractivity (Wildman–Crippen MR) is 106 cm³/mol. The highest BCUT2D eigenvalue weighted by atomic mass is 16.6. The normalized spacial score (nSPS) is 17.8. The molecule has 1 aliphatic carbocycles. The van der Waals surface area contributed by atoms with E-state index in [0.717, 1.165) is 6.42 Å². The Labute approximate surface area is 168 Å². The molecule has 1 aliphatic heterocycles. The third-order valence-electron chi connectivity index (χ3n) is 6.12. The Morgan fingerprint density at radius 3 is 2.52 bits per heavy atom. The van der Waals surface area contributed by atoms with E-state index in [2.05, 4.69) is 10.2 Å². The van der Waals surface area contributed by atoms with Gasteiger partial charge in [0, 0.05) is 50.1 Å². The first-order chi connectivity index (χ1) is 14.0. The Bertz CT molecular complexity index is 926. The average Bonchev–Trinajstić information content (AvgIpc) is 3.40. The van der Waals surface area contributed by atoms with Crippen LogP contribution in [0.3, 0.4) is 0 Å². The van der Waals surface area contributed by atoms with E-state index in [-0.39, 0.29) is 23.2 Å². The smallest absolute Gasteiger partial charge is 0.275 e. The number of fused-ring (bicyclic) bond motifs is 1. The van der Waals surface area contributed by atoms with Gasteiger partial charge in [-0.3, -0.25) is 24.8 Å². The summed E-state index contributed by atoms with van der Waals surface area (Å²) >= 11 is 0. The van der Waals surface area contributed by atoms with Gasteiger partial charge in [-0.15, -0.1) is 0 Å². The van der Waals surface area contributed by atoms with E-state index in [1.165, 1.54) is 37.8 Å². The van der Waals surface area contributed by atoms with Crippen molar-refractivity contribution in [2.75, 3.05) is 26.2 Å². The number of nitro benzene ring substituents is 1. The van der Waals surface area contributed by atoms with Gasteiger partial charge in [-0.25, -0.2) is 0 Å². The molecule has 2 aliphatic rings. The van der Waals surface area contributed by atoms with E-state index >= 15 is 0 Å². The summed E-state index contributed by atoms with van der Waals surface area (Å²) in [6, 6.07) is 4.30. The molecular formula is C20H25N5O4. The maximum atomic E-state index is 12.9. The number of nitrogens with one attached hydrogen (secondary N) is 1. The molecule has 154 valence electrons. The number of benzene rings is 1. The lowest BCUT2D eigenvalue weighted by molar-refractivity contribution is -0.384. The number of aromatic amines is 1. The second kappa shape index (κ2) is 8.18. The molecule has 29 heavy (non-hydrogen) atoms. The molecule has 0 unspecified atom stereocenters. The Morgan fingerprint density at radius 1 is 1.14 bits per heavy atom. The standard InChI is InChI=1S/C20H25N5O4/c26-18(8-5-14-3-1-2-4-14)23-9-11-24(12-10-23)20(27)19-16-13-15(25(28)29)6-7-17(16)21-22-19/h6-7,13-14H,1-5,8-12H2,(H,21,22). The van der Waals surface area contributed by atoms with Gasteiger partial charge in [-0.05, 0) is 18.4 Å². The van der Waals surface area contributed by atoms with Gasteiger partial charge in [-0.2, -0.15) is 5.10 Å². The lowest BCUT2D eigenvalue weighted by atomic mass is 10.0. The quantitative estimate of drug-likeness (QED) is 0.614. The second-order valence-corrected chi connectivity index (χ2v) is 7.92. The lowest BCUT2D eigenvalue weighted by Crippen LogP contribution is -2.50. The molecule has 2 aromatic rings. The average molecular weight is 399 g/mol. The van der Waals surface area contributed by atoms with Crippen LogP contribution in [0.1, 0.15) is 49.0 Å². The number of nitro groups is 1. The Kier molecular flexibility index (Phi) is 5.46. The van der Waals surface area contributed by atoms with Crippen LogP contribution in [0.5, 0.6) is 0 Å². The molecule has 1 aromatic heterocycles. The number of hydrogen-bond donors (Lipinski definition) is 1. The van der Waals surface area contributed by atoms with Crippen molar-refractivity contribution in [3.63, 3.8) is 0 Å². The third kappa shape index (κ3) is 4.08. The summed E-state index contributed by atoms with van der Waals surface area (Å²) in [6.45, 7) is 1.91. The van der Waals surface area contributed by atoms with Gasteiger partial charge in [0.1, 0.15) is 0 Å². The van der Waals surface area contributed by atoms with Crippen molar-refractivity contribution in [3.05, 3.63) is 34.0 Å². The number of carbonyl (C=O) groups excluding carboxylic acids is 2. The van der Waals surface area contributed by atoms with Gasteiger partial charge in [0.25, 0.3) is 11.6 Å². The first kappa shape index (κ1) is 19.4. The first-order valence-electron chi connectivity index (χ1n) is 10.2. The fraction of sp³-hybridized carbons (Fsp3) is 0.550. The molecule has 1 N–H and O–H groups in total. The van der Waals surface area contributed by atoms with Crippen LogP contribution in [0.2, 0.25) is 0 Å². The molecular weight excluding hydrogens is 374 g/mol. The molecule has 2 amide bonds. The number of rotatable bonds is 5. The number of piperazine rings is 1. The number of aromatic nitrogens is 2. The molecule has 2 fully saturated rings. The first-order valence-corrected chi connectivity index (χ1v) is 10.2. The zero-order valence-corrected chi connectivity index (χ0v) is 16.3. The van der Waals surface area contributed by atoms with Gasteiger partial charge in [0.2, 0.25) is 5.91 Å². The second-order valence-electron chi connectivity index (χ2n) is 7.92. The van der Waals surface area contributed by atoms with Crippen molar-refractivity contribution in [1.82, 2.24) is 20.0 Å². The minimum Gasteiger partial charge on any atom is -0.339 e. The van der Waals surface area contributed by atoms with Gasteiger partial charge in [0.15, 0.2) is 5.69 Å². The van der Waals surface area contributed by atoms with Crippen LogP contribution < -0.4 is 0 Å². The van der Waals surface area contributed by atoms with E-state index in [0.29, 0.717) is 49.4 Å². The van der Waals surface area contributed by atoms with Crippen molar-refractivity contribution >= 4 is 28.4 Å². The number of hydrogen-bond acceptors (Lipinski definition) is 5. The number of carbonyl (C=O) groups is 2. The van der Waals surface area contributed by atoms with Crippen LogP contribution in [-0.4, -0.2) is 62.9 Å². The zero-order valence-electron chi connectivity index (χ0n) is 16.3. The summed E-state index contributed by atoms with van der Waals surface area (Å²) in [5, 5.41) is 18.3. The van der Waals surface area contributed by atoms with E-state index in [4.69, 9.17) is 0 Å². The van der Waals surface area contributed by atoms with Crippen LogP contribution in [0.15, 0.2) is 18.2 Å². The third-order valence-corrected chi connectivity index (χ3v) is 6.12. The Hall–Kier alpha value is -2.97. The number of H-pyrrole nitrogens is 1. The molecule has 9 heteroatoms. The molecule has 0 radical (unpaired) electrons. The van der Waals surface area contributed by atoms with Crippen molar-refractivity contribution in [3.8, 4) is 0 Å². The van der Waals surface area contributed by atoms with Gasteiger partial charge in [-0.1, -0.05) is 25.7 Å². The fourth-order valence-corrected chi connectivity index (χ4v) is 4.37. The van der Waals surface area contributed by atoms with E-state index < -0.39 is 4.92 Å². The number of nitrogens with zero attached hydrogens (tertiary/aromatic N) is 4. The Balaban J connectivity index is 1.36. The summed E-state index contributed by atoms with van der Waals surface area (Å²) in [4.78, 5) is 39.4. The number of non-ortho nitro benzene ring substituents is 1. The monoisotopic (exact) mass is 399 g/mol. The molecule has 9 nitrogen and oxygen atoms in total. The molecule has 4 rings (SSSR count). The summed E-state index contributed by atoms with van der Waals surface area (Å²) in [5.41, 5.74) is 0.690. The highest BCUT2D eigenvalue weighted by Crippen LogP contribution is 2.29. The molecule has 0 atom stereocenters. The highest BCUT2D eigenvalue weighted by Gasteiger charge is 2.28. The van der Waals surface area contributed by atoms with Gasteiger partial charge >= 0.3 is 0 Å². The van der Waals surface area contributed by atoms with Crippen LogP contribution in [0, 0.1) is 16.0 Å². The van der Waals surface area contributed by atoms with E-state index in [9.17, 15) is 19.7 Å². The minimum atomic E-state index is -0.489. The summed E-state index contributed by atoms with van der Waals surface area (Å²) in [7, 11) is 0. The van der Waals surface area contributed by atoms with E-state index in [1.807, 2.05) is 4.90 Å². The SMILES string of the molecule is O=C(CCC1CCCC1)N1CCN(C(=O)c2n[nH]c3ccc([N+](=O)[O-])cc23)CC1. The van der Waals surface area contributed by atoms with Crippen LogP contribution in [0.4, 0.5) is 5.69 Å². The van der Waals surface area contributed by atoms with Crippen LogP contribution >= 0.6 is 0 Å². The summed E-state index contributed by atoms with van der Waals surface area (Å²) < 4.78 is 0. The van der Waals surface area contributed by atoms with Crippen LogP contribution in [-0.2, 0) is 4.79 Å². The molecule has 0 spiro atoms. The van der Waals surface area contributed by atoms with Crippen molar-refractivity contribution in [2.24, 2.45) is 5.92 Å². The predicted octanol–water partition coefficient (Wildman–Crippen LogP) is 2.73. The van der Waals surface area contributed by atoms with Crippen molar-refractivity contribution < 1.29 is 14.5 Å². The Morgan fingerprint density at radius 2 is 1.83 bits per heavy atom. The van der Waals surface area contributed by atoms with Crippen molar-refractivity contribution in [2.45, 2.75) is 38.5 Å². The zero-order chi connectivity index (χ0) is 20.4. The summed E-state index contributed by atoms with van der Waals surface area (Å²) in [5.74, 6) is 0.596. The maximum Gasteiger partial charge on any atom is 0.275 e. The largest absolute Gasteiger partial charge is 0.339 e. The lowest BCUT2D eigenvalue weighted by Gasteiger charge is -2.34. The minimum absolute atomic E-state index is 0.0781. The van der Waals surface area contributed by atoms with Crippen molar-refractivity contribution in [1.29, 1.82) is 0 Å². The molecule has 1 aromatic carbocycles. The molecule has 2 heterocycles. The highest BCUT2D eigenvalue weighted by molar-refractivity contribution is 6.05. The van der Waals surface area contributed by atoms with Gasteiger partial charge in [0.05, 0.1) is 10.4 Å². The number of amides is 2. The van der Waals surface area contributed by atoms with Crippen LogP contribution in [0.25, 0.3) is 10.9 Å². The molecule has 1 saturated heterocycles. The molecule has 1 saturated carbocycles. The topological polar surface area (TPSA) is 112 Å². The fourth-order valence-electron chi connectivity index (χ4n) is 4.37. The van der Waals surface area contributed by atoms with Gasteiger partial charge < -0.3 is 9.80 Å². The molecule has 0 bridgehead atoms. The van der Waals surface area contributed by atoms with E-state index in [1.54, 1.807) is 11.0 Å².